The van der Waals surface area contributed by atoms with Crippen LogP contribution in [0.3, 0.4) is 0 Å². The summed E-state index contributed by atoms with van der Waals surface area (Å²) >= 11 is 1.72. The van der Waals surface area contributed by atoms with E-state index in [4.69, 9.17) is 5.73 Å². The van der Waals surface area contributed by atoms with E-state index in [1.807, 2.05) is 13.2 Å². The number of hydrogen-bond donors (Lipinski definition) is 1. The number of amides is 1. The SMILES string of the molecule is CSCC(C)N(C)C(=O)C(N)c1cnn(C)c1. The zero-order chi connectivity index (χ0) is 13.0. The molecule has 2 unspecified atom stereocenters. The Morgan fingerprint density at radius 1 is 1.71 bits per heavy atom. The summed E-state index contributed by atoms with van der Waals surface area (Å²) < 4.78 is 1.65. The van der Waals surface area contributed by atoms with Crippen LogP contribution in [-0.2, 0) is 11.8 Å². The predicted octanol–water partition coefficient (Wildman–Crippen LogP) is 0.630. The minimum absolute atomic E-state index is 0.0699. The summed E-state index contributed by atoms with van der Waals surface area (Å²) in [6, 6.07) is -0.446. The summed E-state index contributed by atoms with van der Waals surface area (Å²) in [6.07, 6.45) is 5.43. The molecule has 0 spiro atoms. The first-order chi connectivity index (χ1) is 7.97. The van der Waals surface area contributed by atoms with E-state index in [2.05, 4.69) is 5.10 Å². The maximum Gasteiger partial charge on any atom is 0.244 e. The highest BCUT2D eigenvalue weighted by Gasteiger charge is 2.23. The minimum Gasteiger partial charge on any atom is -0.341 e. The molecule has 0 saturated carbocycles. The van der Waals surface area contributed by atoms with Gasteiger partial charge < -0.3 is 10.6 Å². The van der Waals surface area contributed by atoms with Gasteiger partial charge in [-0.2, -0.15) is 16.9 Å². The van der Waals surface area contributed by atoms with E-state index in [-0.39, 0.29) is 11.9 Å². The maximum absolute atomic E-state index is 12.1. The van der Waals surface area contributed by atoms with Crippen molar-refractivity contribution in [2.75, 3.05) is 19.1 Å². The van der Waals surface area contributed by atoms with Crippen LogP contribution in [0.1, 0.15) is 18.5 Å². The molecule has 6 heteroatoms. The molecule has 1 amide bonds. The molecule has 2 N–H and O–H groups in total. The van der Waals surface area contributed by atoms with Gasteiger partial charge in [0.15, 0.2) is 0 Å². The zero-order valence-electron chi connectivity index (χ0n) is 10.8. The van der Waals surface area contributed by atoms with E-state index in [9.17, 15) is 4.79 Å². The molecule has 0 bridgehead atoms. The van der Waals surface area contributed by atoms with Crippen molar-refractivity contribution in [2.45, 2.75) is 19.0 Å². The van der Waals surface area contributed by atoms with E-state index in [1.54, 1.807) is 47.8 Å². The van der Waals surface area contributed by atoms with Gasteiger partial charge in [-0.15, -0.1) is 0 Å². The summed E-state index contributed by atoms with van der Waals surface area (Å²) in [7, 11) is 3.60. The number of nitrogens with zero attached hydrogens (tertiary/aromatic N) is 3. The Bertz CT molecular complexity index is 379. The maximum atomic E-state index is 12.1. The first-order valence-electron chi connectivity index (χ1n) is 5.47. The molecule has 0 aliphatic carbocycles. The zero-order valence-corrected chi connectivity index (χ0v) is 11.6. The highest BCUT2D eigenvalue weighted by Crippen LogP contribution is 2.14. The number of thioether (sulfide) groups is 1. The lowest BCUT2D eigenvalue weighted by molar-refractivity contribution is -0.132. The van der Waals surface area contributed by atoms with Gasteiger partial charge in [0.25, 0.3) is 0 Å². The Kier molecular flexibility index (Phi) is 5.02. The fourth-order valence-electron chi connectivity index (χ4n) is 1.53. The van der Waals surface area contributed by atoms with Crippen LogP contribution in [0, 0.1) is 0 Å². The van der Waals surface area contributed by atoms with Crippen LogP contribution in [0.15, 0.2) is 12.4 Å². The van der Waals surface area contributed by atoms with Crippen molar-refractivity contribution in [1.29, 1.82) is 0 Å². The molecule has 1 aromatic heterocycles. The van der Waals surface area contributed by atoms with Gasteiger partial charge in [-0.25, -0.2) is 0 Å². The van der Waals surface area contributed by atoms with Crippen molar-refractivity contribution >= 4 is 17.7 Å². The van der Waals surface area contributed by atoms with Gasteiger partial charge in [0.1, 0.15) is 6.04 Å². The number of nitrogens with two attached hydrogens (primary N) is 1. The van der Waals surface area contributed by atoms with E-state index in [1.165, 1.54) is 0 Å². The Morgan fingerprint density at radius 2 is 2.35 bits per heavy atom. The van der Waals surface area contributed by atoms with Crippen LogP contribution >= 0.6 is 11.8 Å². The highest BCUT2D eigenvalue weighted by atomic mass is 32.2. The molecule has 0 fully saturated rings. The lowest BCUT2D eigenvalue weighted by atomic mass is 10.1. The Hall–Kier alpha value is -1.01. The lowest BCUT2D eigenvalue weighted by Gasteiger charge is -2.26. The van der Waals surface area contributed by atoms with Crippen LogP contribution in [0.5, 0.6) is 0 Å². The van der Waals surface area contributed by atoms with Crippen molar-refractivity contribution in [1.82, 2.24) is 14.7 Å². The Morgan fingerprint density at radius 3 is 2.82 bits per heavy atom. The predicted molar refractivity (Wildman–Crippen MR) is 70.8 cm³/mol. The molecule has 17 heavy (non-hydrogen) atoms. The van der Waals surface area contributed by atoms with E-state index < -0.39 is 6.04 Å². The summed E-state index contributed by atoms with van der Waals surface area (Å²) in [4.78, 5) is 13.8. The molecule has 5 nitrogen and oxygen atoms in total. The second-order valence-electron chi connectivity index (χ2n) is 4.18. The Balaban J connectivity index is 2.69. The molecule has 0 aliphatic rings. The average Bonchev–Trinajstić information content (AvgIpc) is 2.73. The number of rotatable bonds is 5. The lowest BCUT2D eigenvalue weighted by Crippen LogP contribution is -2.42. The van der Waals surface area contributed by atoms with Gasteiger partial charge in [-0.1, -0.05) is 0 Å². The third kappa shape index (κ3) is 3.47. The third-order valence-corrected chi connectivity index (χ3v) is 3.58. The third-order valence-electron chi connectivity index (χ3n) is 2.77. The first-order valence-corrected chi connectivity index (χ1v) is 6.86. The summed E-state index contributed by atoms with van der Waals surface area (Å²) in [5.41, 5.74) is 6.69. The smallest absolute Gasteiger partial charge is 0.244 e. The number of likely N-dealkylation sites (N-methyl/N-ethyl adjacent to an activating group) is 1. The summed E-state index contributed by atoms with van der Waals surface area (Å²) in [5.74, 6) is 0.835. The minimum atomic E-state index is -0.627. The van der Waals surface area contributed by atoms with Gasteiger partial charge in [0.2, 0.25) is 5.91 Å². The van der Waals surface area contributed by atoms with E-state index in [0.29, 0.717) is 0 Å². The number of aryl methyl sites for hydroxylation is 1. The van der Waals surface area contributed by atoms with Crippen molar-refractivity contribution in [3.63, 3.8) is 0 Å². The van der Waals surface area contributed by atoms with Gasteiger partial charge in [-0.05, 0) is 13.2 Å². The Labute approximate surface area is 106 Å². The average molecular weight is 256 g/mol. The molecule has 0 saturated heterocycles. The van der Waals surface area contributed by atoms with Crippen molar-refractivity contribution < 1.29 is 4.79 Å². The van der Waals surface area contributed by atoms with Crippen molar-refractivity contribution in [3.8, 4) is 0 Å². The topological polar surface area (TPSA) is 64.2 Å². The number of aromatic nitrogens is 2. The van der Waals surface area contributed by atoms with Gasteiger partial charge >= 0.3 is 0 Å². The van der Waals surface area contributed by atoms with Gasteiger partial charge in [-0.3, -0.25) is 9.48 Å². The summed E-state index contributed by atoms with van der Waals surface area (Å²) in [5, 5.41) is 4.02. The molecule has 0 aliphatic heterocycles. The van der Waals surface area contributed by atoms with Crippen LogP contribution in [0.2, 0.25) is 0 Å². The number of hydrogen-bond acceptors (Lipinski definition) is 4. The second-order valence-corrected chi connectivity index (χ2v) is 5.09. The molecule has 1 aromatic rings. The van der Waals surface area contributed by atoms with E-state index in [0.717, 1.165) is 11.3 Å². The monoisotopic (exact) mass is 256 g/mol. The normalized spacial score (nSPS) is 14.4. The quantitative estimate of drug-likeness (QED) is 0.839. The molecule has 2 atom stereocenters. The molecular weight excluding hydrogens is 236 g/mol. The number of carbonyl (C=O) groups is 1. The van der Waals surface area contributed by atoms with Crippen molar-refractivity contribution in [3.05, 3.63) is 18.0 Å². The van der Waals surface area contributed by atoms with Crippen LogP contribution in [0.25, 0.3) is 0 Å². The first kappa shape index (κ1) is 14.1. The molecule has 1 rings (SSSR count). The molecular formula is C11H20N4OS. The van der Waals surface area contributed by atoms with Crippen LogP contribution < -0.4 is 5.73 Å². The number of carbonyl (C=O) groups excluding carboxylic acids is 1. The second kappa shape index (κ2) is 6.07. The molecule has 0 radical (unpaired) electrons. The van der Waals surface area contributed by atoms with Crippen molar-refractivity contribution in [2.24, 2.45) is 12.8 Å². The van der Waals surface area contributed by atoms with Crippen LogP contribution in [-0.4, -0.2) is 45.7 Å². The molecule has 0 aromatic carbocycles. The highest BCUT2D eigenvalue weighted by molar-refractivity contribution is 7.98. The van der Waals surface area contributed by atoms with Gasteiger partial charge in [0.05, 0.1) is 6.20 Å². The van der Waals surface area contributed by atoms with Crippen LogP contribution in [0.4, 0.5) is 0 Å². The summed E-state index contributed by atoms with van der Waals surface area (Å²) in [6.45, 7) is 2.02. The largest absolute Gasteiger partial charge is 0.341 e. The van der Waals surface area contributed by atoms with Gasteiger partial charge in [0, 0.05) is 37.7 Å². The fraction of sp³-hybridized carbons (Fsp3) is 0.636. The fourth-order valence-corrected chi connectivity index (χ4v) is 2.24. The molecule has 96 valence electrons. The standard InChI is InChI=1S/C11H20N4OS/c1-8(7-17-4)15(3)11(16)10(12)9-5-13-14(2)6-9/h5-6,8,10H,7,12H2,1-4H3. The van der Waals surface area contributed by atoms with E-state index >= 15 is 0 Å². The molecule has 1 heterocycles.